The van der Waals surface area contributed by atoms with E-state index in [0.717, 1.165) is 5.56 Å². The van der Waals surface area contributed by atoms with Crippen molar-refractivity contribution in [2.75, 3.05) is 7.11 Å². The minimum atomic E-state index is -0.497. The maximum absolute atomic E-state index is 11.5. The largest absolute Gasteiger partial charge is 0.468 e. The molecule has 0 N–H and O–H groups in total. The molecule has 1 rings (SSSR count). The molecule has 0 radical (unpaired) electrons. The predicted octanol–water partition coefficient (Wildman–Crippen LogP) is 1.09. The lowest BCUT2D eigenvalue weighted by Gasteiger charge is -2.09. The number of esters is 1. The molecule has 1 aromatic heterocycles. The van der Waals surface area contributed by atoms with Crippen LogP contribution in [0, 0.1) is 6.92 Å². The molecular formula is C10H12BrNO3. The van der Waals surface area contributed by atoms with Gasteiger partial charge < -0.3 is 9.30 Å². The Hall–Kier alpha value is -1.10. The second-order valence-electron chi connectivity index (χ2n) is 3.19. The molecule has 1 atom stereocenters. The van der Waals surface area contributed by atoms with Crippen LogP contribution in [0.15, 0.2) is 23.1 Å². The van der Waals surface area contributed by atoms with Crippen molar-refractivity contribution in [1.29, 1.82) is 0 Å². The number of hydrogen-bond acceptors (Lipinski definition) is 3. The zero-order valence-electron chi connectivity index (χ0n) is 8.57. The zero-order chi connectivity index (χ0) is 11.4. The van der Waals surface area contributed by atoms with Gasteiger partial charge in [0.2, 0.25) is 0 Å². The first-order valence-electron chi connectivity index (χ1n) is 4.43. The average molecular weight is 274 g/mol. The summed E-state index contributed by atoms with van der Waals surface area (Å²) in [6.45, 7) is 2.11. The van der Waals surface area contributed by atoms with Crippen molar-refractivity contribution < 1.29 is 9.53 Å². The number of methoxy groups -OCH3 is 1. The van der Waals surface area contributed by atoms with Crippen LogP contribution in [0.3, 0.4) is 0 Å². The van der Waals surface area contributed by atoms with Gasteiger partial charge in [-0.25, -0.2) is 0 Å². The highest BCUT2D eigenvalue weighted by atomic mass is 79.9. The van der Waals surface area contributed by atoms with Gasteiger partial charge in [-0.2, -0.15) is 0 Å². The third-order valence-corrected chi connectivity index (χ3v) is 2.63. The molecule has 1 heterocycles. The standard InChI is InChI=1S/C10H12BrNO3/c1-7-3-4-12(9(13)5-7)6-8(11)10(14)15-2/h3-5,8H,6H2,1-2H3. The fourth-order valence-corrected chi connectivity index (χ4v) is 1.63. The number of alkyl halides is 1. The number of pyridine rings is 1. The molecule has 0 saturated carbocycles. The number of hydrogen-bond donors (Lipinski definition) is 0. The lowest BCUT2D eigenvalue weighted by molar-refractivity contribution is -0.140. The van der Waals surface area contributed by atoms with Crippen LogP contribution in [-0.4, -0.2) is 22.5 Å². The molecule has 1 aromatic rings. The number of nitrogens with zero attached hydrogens (tertiary/aromatic N) is 1. The third-order valence-electron chi connectivity index (χ3n) is 1.97. The quantitative estimate of drug-likeness (QED) is 0.612. The van der Waals surface area contributed by atoms with Gasteiger partial charge in [-0.15, -0.1) is 0 Å². The summed E-state index contributed by atoms with van der Waals surface area (Å²) < 4.78 is 6.01. The van der Waals surface area contributed by atoms with E-state index < -0.39 is 4.83 Å². The SMILES string of the molecule is COC(=O)C(Br)Cn1ccc(C)cc1=O. The van der Waals surface area contributed by atoms with Gasteiger partial charge in [-0.05, 0) is 18.6 Å². The van der Waals surface area contributed by atoms with Crippen LogP contribution in [0.4, 0.5) is 0 Å². The highest BCUT2D eigenvalue weighted by molar-refractivity contribution is 9.10. The summed E-state index contributed by atoms with van der Waals surface area (Å²) in [7, 11) is 1.31. The first kappa shape index (κ1) is 12.0. The first-order valence-corrected chi connectivity index (χ1v) is 5.35. The molecular weight excluding hydrogens is 262 g/mol. The Kier molecular flexibility index (Phi) is 4.08. The van der Waals surface area contributed by atoms with E-state index in [9.17, 15) is 9.59 Å². The molecule has 0 amide bonds. The Morgan fingerprint density at radius 3 is 2.87 bits per heavy atom. The minimum absolute atomic E-state index is 0.122. The van der Waals surface area contributed by atoms with Crippen LogP contribution in [0.5, 0.6) is 0 Å². The van der Waals surface area contributed by atoms with Gasteiger partial charge in [0.05, 0.1) is 7.11 Å². The van der Waals surface area contributed by atoms with Crippen LogP contribution in [0.2, 0.25) is 0 Å². The summed E-state index contributed by atoms with van der Waals surface area (Å²) in [5.74, 6) is -0.387. The Labute approximate surface area is 96.0 Å². The molecule has 5 heteroatoms. The number of aromatic nitrogens is 1. The van der Waals surface area contributed by atoms with Crippen molar-refractivity contribution in [2.45, 2.75) is 18.3 Å². The van der Waals surface area contributed by atoms with Crippen LogP contribution >= 0.6 is 15.9 Å². The molecule has 0 aliphatic heterocycles. The fraction of sp³-hybridized carbons (Fsp3) is 0.400. The monoisotopic (exact) mass is 273 g/mol. The lowest BCUT2D eigenvalue weighted by Crippen LogP contribution is -2.28. The van der Waals surface area contributed by atoms with Crippen molar-refractivity contribution in [2.24, 2.45) is 0 Å². The number of aryl methyl sites for hydroxylation is 1. The molecule has 0 aliphatic carbocycles. The molecule has 82 valence electrons. The molecule has 1 unspecified atom stereocenters. The van der Waals surface area contributed by atoms with Gasteiger partial charge in [0.25, 0.3) is 5.56 Å². The van der Waals surface area contributed by atoms with Crippen molar-refractivity contribution in [3.05, 3.63) is 34.2 Å². The Morgan fingerprint density at radius 2 is 2.33 bits per heavy atom. The summed E-state index contributed by atoms with van der Waals surface area (Å²) in [5, 5.41) is 0. The Morgan fingerprint density at radius 1 is 1.67 bits per heavy atom. The van der Waals surface area contributed by atoms with Gasteiger partial charge in [-0.3, -0.25) is 9.59 Å². The van der Waals surface area contributed by atoms with E-state index in [2.05, 4.69) is 20.7 Å². The van der Waals surface area contributed by atoms with Crippen molar-refractivity contribution in [3.8, 4) is 0 Å². The van der Waals surface area contributed by atoms with E-state index in [0.29, 0.717) is 0 Å². The molecule has 15 heavy (non-hydrogen) atoms. The number of rotatable bonds is 3. The van der Waals surface area contributed by atoms with Crippen LogP contribution in [-0.2, 0) is 16.1 Å². The van der Waals surface area contributed by atoms with Gasteiger partial charge in [0.1, 0.15) is 4.83 Å². The van der Waals surface area contributed by atoms with Gasteiger partial charge >= 0.3 is 5.97 Å². The third kappa shape index (κ3) is 3.20. The van der Waals surface area contributed by atoms with Gasteiger partial charge in [-0.1, -0.05) is 15.9 Å². The number of halogens is 1. The molecule has 0 aliphatic rings. The van der Waals surface area contributed by atoms with Gasteiger partial charge in [0.15, 0.2) is 0 Å². The second kappa shape index (κ2) is 5.11. The highest BCUT2D eigenvalue weighted by Gasteiger charge is 2.15. The smallest absolute Gasteiger partial charge is 0.321 e. The fourth-order valence-electron chi connectivity index (χ4n) is 1.13. The summed E-state index contributed by atoms with van der Waals surface area (Å²) in [5.41, 5.74) is 0.781. The van der Waals surface area contributed by atoms with E-state index in [-0.39, 0.29) is 18.1 Å². The summed E-state index contributed by atoms with van der Waals surface area (Å²) >= 11 is 3.16. The average Bonchev–Trinajstić information content (AvgIpc) is 2.20. The summed E-state index contributed by atoms with van der Waals surface area (Å²) in [6, 6.07) is 3.34. The zero-order valence-corrected chi connectivity index (χ0v) is 10.2. The Bertz CT molecular complexity index is 413. The van der Waals surface area contributed by atoms with E-state index in [1.54, 1.807) is 6.20 Å². The molecule has 0 fully saturated rings. The normalized spacial score (nSPS) is 12.2. The predicted molar refractivity (Wildman–Crippen MR) is 60.2 cm³/mol. The first-order chi connectivity index (χ1) is 7.04. The number of carbonyl (C=O) groups is 1. The Balaban J connectivity index is 2.81. The molecule has 0 bridgehead atoms. The summed E-state index contributed by atoms with van der Waals surface area (Å²) in [6.07, 6.45) is 1.66. The lowest BCUT2D eigenvalue weighted by atomic mass is 10.3. The molecule has 0 saturated heterocycles. The summed E-state index contributed by atoms with van der Waals surface area (Å²) in [4.78, 5) is 22.1. The highest BCUT2D eigenvalue weighted by Crippen LogP contribution is 2.04. The molecule has 0 spiro atoms. The minimum Gasteiger partial charge on any atom is -0.468 e. The molecule has 4 nitrogen and oxygen atoms in total. The van der Waals surface area contributed by atoms with E-state index in [1.165, 1.54) is 17.7 Å². The van der Waals surface area contributed by atoms with Crippen molar-refractivity contribution in [1.82, 2.24) is 4.57 Å². The van der Waals surface area contributed by atoms with E-state index >= 15 is 0 Å². The second-order valence-corrected chi connectivity index (χ2v) is 4.29. The number of carbonyl (C=O) groups excluding carboxylic acids is 1. The van der Waals surface area contributed by atoms with Crippen molar-refractivity contribution in [3.63, 3.8) is 0 Å². The van der Waals surface area contributed by atoms with E-state index in [4.69, 9.17) is 0 Å². The van der Waals surface area contributed by atoms with Crippen LogP contribution in [0.1, 0.15) is 5.56 Å². The molecule has 0 aromatic carbocycles. The van der Waals surface area contributed by atoms with Crippen LogP contribution < -0.4 is 5.56 Å². The topological polar surface area (TPSA) is 48.3 Å². The van der Waals surface area contributed by atoms with Gasteiger partial charge in [0, 0.05) is 18.8 Å². The van der Waals surface area contributed by atoms with Crippen molar-refractivity contribution >= 4 is 21.9 Å². The van der Waals surface area contributed by atoms with E-state index in [1.807, 2.05) is 13.0 Å². The number of ether oxygens (including phenoxy) is 1. The maximum atomic E-state index is 11.5. The van der Waals surface area contributed by atoms with Crippen LogP contribution in [0.25, 0.3) is 0 Å². The maximum Gasteiger partial charge on any atom is 0.321 e.